The molecule has 2 rings (SSSR count). The highest BCUT2D eigenvalue weighted by atomic mass is 16.5. The summed E-state index contributed by atoms with van der Waals surface area (Å²) in [6, 6.07) is 14.3. The fourth-order valence-electron chi connectivity index (χ4n) is 2.23. The van der Waals surface area contributed by atoms with Crippen LogP contribution in [-0.2, 0) is 0 Å². The minimum absolute atomic E-state index is 0.150. The van der Waals surface area contributed by atoms with E-state index in [0.29, 0.717) is 0 Å². The van der Waals surface area contributed by atoms with Crippen LogP contribution in [-0.4, -0.2) is 14.2 Å². The van der Waals surface area contributed by atoms with Crippen LogP contribution in [0.4, 0.5) is 5.69 Å². The van der Waals surface area contributed by atoms with Gasteiger partial charge in [-0.25, -0.2) is 0 Å². The number of nitrogens with one attached hydrogen (secondary N) is 1. The molecular weight excluding hydrogens is 250 g/mol. The highest BCUT2D eigenvalue weighted by Crippen LogP contribution is 2.29. The third-order valence-electron chi connectivity index (χ3n) is 3.30. The van der Waals surface area contributed by atoms with Crippen LogP contribution in [0.2, 0.25) is 0 Å². The minimum atomic E-state index is 0.150. The van der Waals surface area contributed by atoms with Gasteiger partial charge in [0.2, 0.25) is 0 Å². The van der Waals surface area contributed by atoms with Gasteiger partial charge >= 0.3 is 0 Å². The molecule has 0 aliphatic heterocycles. The van der Waals surface area contributed by atoms with Crippen molar-refractivity contribution in [1.29, 1.82) is 0 Å². The molecule has 2 aromatic carbocycles. The Balaban J connectivity index is 2.23. The van der Waals surface area contributed by atoms with Gasteiger partial charge < -0.3 is 14.8 Å². The summed E-state index contributed by atoms with van der Waals surface area (Å²) in [6.07, 6.45) is 0. The molecule has 0 fully saturated rings. The number of benzene rings is 2. The third-order valence-corrected chi connectivity index (χ3v) is 3.30. The van der Waals surface area contributed by atoms with Crippen molar-refractivity contribution in [1.82, 2.24) is 0 Å². The highest BCUT2D eigenvalue weighted by Gasteiger charge is 2.11. The van der Waals surface area contributed by atoms with E-state index in [-0.39, 0.29) is 6.04 Å². The van der Waals surface area contributed by atoms with Crippen LogP contribution in [0.15, 0.2) is 42.5 Å². The van der Waals surface area contributed by atoms with Gasteiger partial charge in [0.05, 0.1) is 20.3 Å². The van der Waals surface area contributed by atoms with Crippen molar-refractivity contribution in [3.05, 3.63) is 53.6 Å². The van der Waals surface area contributed by atoms with Crippen LogP contribution in [0.5, 0.6) is 11.5 Å². The topological polar surface area (TPSA) is 30.5 Å². The van der Waals surface area contributed by atoms with E-state index in [2.05, 4.69) is 31.3 Å². The van der Waals surface area contributed by atoms with Gasteiger partial charge in [0, 0.05) is 17.3 Å². The lowest BCUT2D eigenvalue weighted by Crippen LogP contribution is -2.08. The maximum absolute atomic E-state index is 5.44. The maximum atomic E-state index is 5.44. The molecule has 1 unspecified atom stereocenters. The first-order chi connectivity index (χ1) is 9.63. The van der Waals surface area contributed by atoms with E-state index in [4.69, 9.17) is 9.47 Å². The molecule has 1 N–H and O–H groups in total. The van der Waals surface area contributed by atoms with E-state index >= 15 is 0 Å². The molecule has 0 heterocycles. The van der Waals surface area contributed by atoms with Crippen LogP contribution >= 0.6 is 0 Å². The van der Waals surface area contributed by atoms with Gasteiger partial charge in [-0.05, 0) is 32.0 Å². The lowest BCUT2D eigenvalue weighted by molar-refractivity contribution is 0.407. The second kappa shape index (κ2) is 6.33. The largest absolute Gasteiger partial charge is 0.497 e. The van der Waals surface area contributed by atoms with E-state index in [0.717, 1.165) is 22.7 Å². The Hall–Kier alpha value is -2.16. The van der Waals surface area contributed by atoms with E-state index in [1.165, 1.54) is 5.56 Å². The molecule has 3 nitrogen and oxygen atoms in total. The zero-order valence-electron chi connectivity index (χ0n) is 12.4. The fourth-order valence-corrected chi connectivity index (χ4v) is 2.23. The standard InChI is InChI=1S/C17H21NO2/c1-12-8-9-17(20-4)16(10-12)13(2)18-14-6-5-7-15(11-14)19-3/h5-11,13,18H,1-4H3. The van der Waals surface area contributed by atoms with Crippen molar-refractivity contribution < 1.29 is 9.47 Å². The van der Waals surface area contributed by atoms with Crippen molar-refractivity contribution >= 4 is 5.69 Å². The van der Waals surface area contributed by atoms with Gasteiger partial charge in [0.25, 0.3) is 0 Å². The molecular formula is C17H21NO2. The van der Waals surface area contributed by atoms with Crippen molar-refractivity contribution in [2.75, 3.05) is 19.5 Å². The van der Waals surface area contributed by atoms with Crippen molar-refractivity contribution in [2.24, 2.45) is 0 Å². The summed E-state index contributed by atoms with van der Waals surface area (Å²) in [5.74, 6) is 1.75. The van der Waals surface area contributed by atoms with Crippen LogP contribution in [0.1, 0.15) is 24.1 Å². The number of anilines is 1. The maximum Gasteiger partial charge on any atom is 0.124 e. The van der Waals surface area contributed by atoms with Crippen LogP contribution in [0.25, 0.3) is 0 Å². The summed E-state index contributed by atoms with van der Waals surface area (Å²) in [7, 11) is 3.37. The van der Waals surface area contributed by atoms with Crippen molar-refractivity contribution in [3.63, 3.8) is 0 Å². The quantitative estimate of drug-likeness (QED) is 0.884. The molecule has 0 aromatic heterocycles. The monoisotopic (exact) mass is 271 g/mol. The average molecular weight is 271 g/mol. The molecule has 3 heteroatoms. The van der Waals surface area contributed by atoms with Gasteiger partial charge in [-0.2, -0.15) is 0 Å². The first kappa shape index (κ1) is 14.3. The molecule has 0 amide bonds. The van der Waals surface area contributed by atoms with Crippen molar-refractivity contribution in [2.45, 2.75) is 19.9 Å². The van der Waals surface area contributed by atoms with E-state index in [1.54, 1.807) is 14.2 Å². The predicted molar refractivity (Wildman–Crippen MR) is 82.8 cm³/mol. The molecule has 20 heavy (non-hydrogen) atoms. The zero-order chi connectivity index (χ0) is 14.5. The minimum Gasteiger partial charge on any atom is -0.497 e. The second-order valence-corrected chi connectivity index (χ2v) is 4.84. The summed E-state index contributed by atoms with van der Waals surface area (Å²) in [4.78, 5) is 0. The molecule has 0 bridgehead atoms. The Morgan fingerprint density at radius 1 is 1.00 bits per heavy atom. The van der Waals surface area contributed by atoms with E-state index in [9.17, 15) is 0 Å². The Kier molecular flexibility index (Phi) is 4.51. The number of ether oxygens (including phenoxy) is 2. The number of hydrogen-bond donors (Lipinski definition) is 1. The molecule has 1 atom stereocenters. The molecule has 2 aromatic rings. The molecule has 0 radical (unpaired) electrons. The summed E-state index contributed by atoms with van der Waals surface area (Å²) in [5.41, 5.74) is 3.40. The molecule has 0 aliphatic rings. The molecule has 106 valence electrons. The number of aryl methyl sites for hydroxylation is 1. The number of hydrogen-bond acceptors (Lipinski definition) is 3. The average Bonchev–Trinajstić information content (AvgIpc) is 2.47. The van der Waals surface area contributed by atoms with Gasteiger partial charge in [-0.1, -0.05) is 23.8 Å². The Morgan fingerprint density at radius 2 is 1.80 bits per heavy atom. The van der Waals surface area contributed by atoms with Crippen LogP contribution < -0.4 is 14.8 Å². The SMILES string of the molecule is COc1cccc(NC(C)c2cc(C)ccc2OC)c1. The number of methoxy groups -OCH3 is 2. The summed E-state index contributed by atoms with van der Waals surface area (Å²) in [5, 5.41) is 3.47. The smallest absolute Gasteiger partial charge is 0.124 e. The summed E-state index contributed by atoms with van der Waals surface area (Å²) >= 11 is 0. The van der Waals surface area contributed by atoms with E-state index in [1.807, 2.05) is 30.3 Å². The Morgan fingerprint density at radius 3 is 2.50 bits per heavy atom. The summed E-state index contributed by atoms with van der Waals surface area (Å²) in [6.45, 7) is 4.21. The molecule has 0 saturated heterocycles. The molecule has 0 spiro atoms. The predicted octanol–water partition coefficient (Wildman–Crippen LogP) is 4.19. The first-order valence-corrected chi connectivity index (χ1v) is 6.69. The van der Waals surface area contributed by atoms with Gasteiger partial charge in [0.1, 0.15) is 11.5 Å². The lowest BCUT2D eigenvalue weighted by atomic mass is 10.0. The summed E-state index contributed by atoms with van der Waals surface area (Å²) < 4.78 is 10.7. The normalized spacial score (nSPS) is 11.8. The van der Waals surface area contributed by atoms with Gasteiger partial charge in [-0.3, -0.25) is 0 Å². The second-order valence-electron chi connectivity index (χ2n) is 4.84. The van der Waals surface area contributed by atoms with Crippen LogP contribution in [0, 0.1) is 6.92 Å². The molecule has 0 aliphatic carbocycles. The lowest BCUT2D eigenvalue weighted by Gasteiger charge is -2.19. The zero-order valence-corrected chi connectivity index (χ0v) is 12.4. The van der Waals surface area contributed by atoms with Crippen molar-refractivity contribution in [3.8, 4) is 11.5 Å². The highest BCUT2D eigenvalue weighted by molar-refractivity contribution is 5.51. The first-order valence-electron chi connectivity index (χ1n) is 6.69. The van der Waals surface area contributed by atoms with E-state index < -0.39 is 0 Å². The Labute approximate surface area is 120 Å². The number of rotatable bonds is 5. The van der Waals surface area contributed by atoms with Gasteiger partial charge in [-0.15, -0.1) is 0 Å². The van der Waals surface area contributed by atoms with Crippen LogP contribution in [0.3, 0.4) is 0 Å². The third kappa shape index (κ3) is 3.23. The fraction of sp³-hybridized carbons (Fsp3) is 0.294. The Bertz CT molecular complexity index is 581. The molecule has 0 saturated carbocycles. The van der Waals surface area contributed by atoms with Gasteiger partial charge in [0.15, 0.2) is 0 Å².